The SMILES string of the molecule is Nc1ncnc2c1ncn2CC(=O)C=O. The first-order valence-electron chi connectivity index (χ1n) is 4.11. The average Bonchev–Trinajstić information content (AvgIpc) is 2.63. The maximum atomic E-state index is 10.9. The molecule has 0 fully saturated rings. The summed E-state index contributed by atoms with van der Waals surface area (Å²) in [6, 6.07) is 0. The Morgan fingerprint density at radius 2 is 2.27 bits per heavy atom. The summed E-state index contributed by atoms with van der Waals surface area (Å²) < 4.78 is 1.45. The number of hydrogen-bond acceptors (Lipinski definition) is 6. The Bertz CT molecular complexity index is 533. The van der Waals surface area contributed by atoms with Crippen LogP contribution in [0.2, 0.25) is 0 Å². The van der Waals surface area contributed by atoms with Crippen LogP contribution in [-0.4, -0.2) is 31.6 Å². The highest BCUT2D eigenvalue weighted by Crippen LogP contribution is 2.13. The van der Waals surface area contributed by atoms with Crippen LogP contribution in [0.1, 0.15) is 0 Å². The van der Waals surface area contributed by atoms with Crippen LogP contribution in [0.3, 0.4) is 0 Å². The first-order chi connectivity index (χ1) is 7.22. The molecule has 2 heterocycles. The van der Waals surface area contributed by atoms with Gasteiger partial charge >= 0.3 is 0 Å². The first-order valence-corrected chi connectivity index (χ1v) is 4.11. The number of rotatable bonds is 3. The molecule has 15 heavy (non-hydrogen) atoms. The Labute approximate surface area is 83.9 Å². The molecule has 0 aromatic carbocycles. The highest BCUT2D eigenvalue weighted by atomic mass is 16.2. The summed E-state index contributed by atoms with van der Waals surface area (Å²) >= 11 is 0. The largest absolute Gasteiger partial charge is 0.382 e. The zero-order valence-corrected chi connectivity index (χ0v) is 7.62. The number of fused-ring (bicyclic) bond motifs is 1. The van der Waals surface area contributed by atoms with Crippen molar-refractivity contribution in [3.63, 3.8) is 0 Å². The minimum absolute atomic E-state index is 0.0869. The summed E-state index contributed by atoms with van der Waals surface area (Å²) in [4.78, 5) is 32.7. The van der Waals surface area contributed by atoms with E-state index >= 15 is 0 Å². The average molecular weight is 205 g/mol. The summed E-state index contributed by atoms with van der Waals surface area (Å²) in [6.07, 6.45) is 2.94. The lowest BCUT2D eigenvalue weighted by atomic mass is 10.4. The van der Waals surface area contributed by atoms with Crippen molar-refractivity contribution < 1.29 is 9.59 Å². The Hall–Kier alpha value is -2.31. The van der Waals surface area contributed by atoms with Gasteiger partial charge in [-0.15, -0.1) is 0 Å². The molecule has 0 atom stereocenters. The van der Waals surface area contributed by atoms with Gasteiger partial charge in [-0.05, 0) is 0 Å². The van der Waals surface area contributed by atoms with E-state index in [9.17, 15) is 9.59 Å². The van der Waals surface area contributed by atoms with Crippen LogP contribution in [0.4, 0.5) is 5.82 Å². The van der Waals surface area contributed by atoms with Gasteiger partial charge in [-0.25, -0.2) is 15.0 Å². The molecule has 2 aromatic heterocycles. The number of nitrogens with zero attached hydrogens (tertiary/aromatic N) is 4. The predicted molar refractivity (Wildman–Crippen MR) is 50.8 cm³/mol. The van der Waals surface area contributed by atoms with E-state index in [4.69, 9.17) is 5.73 Å². The van der Waals surface area contributed by atoms with E-state index in [0.29, 0.717) is 11.2 Å². The van der Waals surface area contributed by atoms with Crippen molar-refractivity contribution in [2.75, 3.05) is 5.73 Å². The Morgan fingerprint density at radius 3 is 3.00 bits per heavy atom. The number of anilines is 1. The van der Waals surface area contributed by atoms with E-state index in [1.165, 1.54) is 17.2 Å². The molecular formula is C8H7N5O2. The molecule has 0 unspecified atom stereocenters. The van der Waals surface area contributed by atoms with E-state index in [-0.39, 0.29) is 18.6 Å². The van der Waals surface area contributed by atoms with Gasteiger partial charge in [0.2, 0.25) is 5.78 Å². The van der Waals surface area contributed by atoms with Crippen molar-refractivity contribution in [2.24, 2.45) is 0 Å². The number of carbonyl (C=O) groups excluding carboxylic acids is 2. The first kappa shape index (κ1) is 9.25. The molecule has 0 aliphatic carbocycles. The summed E-state index contributed by atoms with van der Waals surface area (Å²) in [5, 5.41) is 0. The van der Waals surface area contributed by atoms with Crippen molar-refractivity contribution in [1.29, 1.82) is 0 Å². The minimum atomic E-state index is -0.550. The molecule has 76 valence electrons. The maximum absolute atomic E-state index is 10.9. The summed E-state index contributed by atoms with van der Waals surface area (Å²) in [5.74, 6) is -0.302. The van der Waals surface area contributed by atoms with Crippen LogP contribution in [-0.2, 0) is 16.1 Å². The third kappa shape index (κ3) is 1.54. The fraction of sp³-hybridized carbons (Fsp3) is 0.125. The monoisotopic (exact) mass is 205 g/mol. The Balaban J connectivity index is 2.49. The molecule has 0 saturated heterocycles. The van der Waals surface area contributed by atoms with Gasteiger partial charge in [-0.1, -0.05) is 0 Å². The van der Waals surface area contributed by atoms with Gasteiger partial charge in [0.1, 0.15) is 11.8 Å². The number of ketones is 1. The van der Waals surface area contributed by atoms with Crippen molar-refractivity contribution in [2.45, 2.75) is 6.54 Å². The standard InChI is InChI=1S/C8H7N5O2/c9-7-6-8(11-3-10-7)13(4-12-6)1-5(15)2-14/h2-4H,1H2,(H2,9,10,11). The van der Waals surface area contributed by atoms with Gasteiger partial charge in [-0.2, -0.15) is 0 Å². The highest BCUT2D eigenvalue weighted by Gasteiger charge is 2.09. The number of hydrogen-bond donors (Lipinski definition) is 1. The Kier molecular flexibility index (Phi) is 2.13. The molecule has 0 aliphatic heterocycles. The smallest absolute Gasteiger partial charge is 0.214 e. The molecule has 0 aliphatic rings. The molecule has 0 amide bonds. The van der Waals surface area contributed by atoms with Crippen LogP contribution in [0.25, 0.3) is 11.2 Å². The molecule has 2 N–H and O–H groups in total. The number of aldehydes is 1. The van der Waals surface area contributed by atoms with Crippen LogP contribution in [0, 0.1) is 0 Å². The van der Waals surface area contributed by atoms with Crippen LogP contribution in [0.5, 0.6) is 0 Å². The van der Waals surface area contributed by atoms with Gasteiger partial charge in [0.15, 0.2) is 17.8 Å². The second-order valence-electron chi connectivity index (χ2n) is 2.89. The number of nitrogens with two attached hydrogens (primary N) is 1. The van der Waals surface area contributed by atoms with Crippen LogP contribution in [0.15, 0.2) is 12.7 Å². The number of Topliss-reactive ketones (excluding diaryl/α,β-unsaturated/α-hetero) is 1. The summed E-state index contributed by atoms with van der Waals surface area (Å²) in [6.45, 7) is -0.0869. The second-order valence-corrected chi connectivity index (χ2v) is 2.89. The molecular weight excluding hydrogens is 198 g/mol. The fourth-order valence-electron chi connectivity index (χ4n) is 1.22. The van der Waals surface area contributed by atoms with Gasteiger partial charge in [0.05, 0.1) is 12.9 Å². The van der Waals surface area contributed by atoms with Gasteiger partial charge < -0.3 is 10.3 Å². The summed E-state index contributed by atoms with van der Waals surface area (Å²) in [5.41, 5.74) is 6.42. The van der Waals surface area contributed by atoms with Crippen molar-refractivity contribution >= 4 is 29.1 Å². The quantitative estimate of drug-likeness (QED) is 0.518. The predicted octanol–water partition coefficient (Wildman–Crippen LogP) is -0.824. The zero-order chi connectivity index (χ0) is 10.8. The third-order valence-electron chi connectivity index (χ3n) is 1.89. The van der Waals surface area contributed by atoms with Crippen LogP contribution >= 0.6 is 0 Å². The normalized spacial score (nSPS) is 10.4. The minimum Gasteiger partial charge on any atom is -0.382 e. The fourth-order valence-corrected chi connectivity index (χ4v) is 1.22. The second kappa shape index (κ2) is 3.45. The lowest BCUT2D eigenvalue weighted by molar-refractivity contribution is -0.130. The molecule has 0 spiro atoms. The molecule has 0 saturated carbocycles. The van der Waals surface area contributed by atoms with Crippen molar-refractivity contribution in [3.8, 4) is 0 Å². The van der Waals surface area contributed by atoms with E-state index in [2.05, 4.69) is 15.0 Å². The molecule has 0 bridgehead atoms. The number of aromatic nitrogens is 4. The highest BCUT2D eigenvalue weighted by molar-refractivity contribution is 6.24. The third-order valence-corrected chi connectivity index (χ3v) is 1.89. The molecule has 0 radical (unpaired) electrons. The van der Waals surface area contributed by atoms with E-state index in [1.54, 1.807) is 0 Å². The lowest BCUT2D eigenvalue weighted by Gasteiger charge is -1.98. The van der Waals surface area contributed by atoms with Gasteiger partial charge in [0, 0.05) is 0 Å². The topological polar surface area (TPSA) is 104 Å². The zero-order valence-electron chi connectivity index (χ0n) is 7.62. The van der Waals surface area contributed by atoms with Gasteiger partial charge in [0.25, 0.3) is 0 Å². The summed E-state index contributed by atoms with van der Waals surface area (Å²) in [7, 11) is 0. The Morgan fingerprint density at radius 1 is 1.47 bits per heavy atom. The molecule has 2 rings (SSSR count). The number of nitrogen functional groups attached to an aromatic ring is 1. The van der Waals surface area contributed by atoms with E-state index in [1.807, 2.05) is 0 Å². The van der Waals surface area contributed by atoms with E-state index in [0.717, 1.165) is 0 Å². The van der Waals surface area contributed by atoms with Crippen LogP contribution < -0.4 is 5.73 Å². The van der Waals surface area contributed by atoms with Crippen molar-refractivity contribution in [3.05, 3.63) is 12.7 Å². The molecule has 7 heteroatoms. The lowest BCUT2D eigenvalue weighted by Crippen LogP contribution is -2.10. The molecule has 7 nitrogen and oxygen atoms in total. The molecule has 2 aromatic rings. The van der Waals surface area contributed by atoms with Crippen molar-refractivity contribution in [1.82, 2.24) is 19.5 Å². The van der Waals surface area contributed by atoms with Gasteiger partial charge in [-0.3, -0.25) is 9.59 Å². The number of imidazole rings is 1. The van der Waals surface area contributed by atoms with E-state index < -0.39 is 5.78 Å². The maximum Gasteiger partial charge on any atom is 0.214 e. The number of carbonyl (C=O) groups is 2.